The number of hydrogen-bond donors (Lipinski definition) is 3. The Morgan fingerprint density at radius 3 is 1.08 bits per heavy atom. The standard InChI is InChI=1S/C60H117NO5/c1-3-5-7-9-11-13-15-17-19-20-21-22-26-30-34-38-42-46-50-54-60(65)66-55-51-47-43-39-35-31-27-23-25-29-33-37-41-45-49-53-59(64)61-57(56-62)58(63)52-48-44-40-36-32-28-24-18-16-14-12-10-8-6-4-2/h27,31,57-58,62-63H,3-26,28-30,32-56H2,1-2H3,(H,61,64)/b31-27-. The Morgan fingerprint density at radius 2 is 0.712 bits per heavy atom. The van der Waals surface area contributed by atoms with Crippen LogP contribution in [0.5, 0.6) is 0 Å². The van der Waals surface area contributed by atoms with Crippen LogP contribution >= 0.6 is 0 Å². The summed E-state index contributed by atoms with van der Waals surface area (Å²) in [5.41, 5.74) is 0. The lowest BCUT2D eigenvalue weighted by atomic mass is 10.0. The van der Waals surface area contributed by atoms with E-state index < -0.39 is 12.1 Å². The first-order valence-corrected chi connectivity index (χ1v) is 29.9. The van der Waals surface area contributed by atoms with Crippen molar-refractivity contribution in [2.45, 2.75) is 347 Å². The third-order valence-corrected chi connectivity index (χ3v) is 14.1. The summed E-state index contributed by atoms with van der Waals surface area (Å²) in [5.74, 6) is -0.0524. The Bertz CT molecular complexity index is 986. The number of allylic oxidation sites excluding steroid dienone is 2. The van der Waals surface area contributed by atoms with Gasteiger partial charge in [0, 0.05) is 12.8 Å². The number of aliphatic hydroxyl groups excluding tert-OH is 2. The molecule has 2 unspecified atom stereocenters. The smallest absolute Gasteiger partial charge is 0.305 e. The molecule has 6 heteroatoms. The molecule has 0 aromatic rings. The van der Waals surface area contributed by atoms with Crippen LogP contribution in [0.3, 0.4) is 0 Å². The average molecular weight is 933 g/mol. The van der Waals surface area contributed by atoms with Gasteiger partial charge < -0.3 is 20.3 Å². The van der Waals surface area contributed by atoms with Crippen molar-refractivity contribution in [2.24, 2.45) is 0 Å². The predicted molar refractivity (Wildman–Crippen MR) is 287 cm³/mol. The molecule has 0 saturated carbocycles. The van der Waals surface area contributed by atoms with Gasteiger partial charge in [0.1, 0.15) is 0 Å². The molecular weight excluding hydrogens is 815 g/mol. The van der Waals surface area contributed by atoms with E-state index in [9.17, 15) is 19.8 Å². The normalized spacial score (nSPS) is 12.6. The van der Waals surface area contributed by atoms with Crippen molar-refractivity contribution in [3.05, 3.63) is 12.2 Å². The number of rotatable bonds is 56. The lowest BCUT2D eigenvalue weighted by Crippen LogP contribution is -2.45. The van der Waals surface area contributed by atoms with E-state index in [1.165, 1.54) is 231 Å². The Morgan fingerprint density at radius 1 is 0.409 bits per heavy atom. The Kier molecular flexibility index (Phi) is 55.0. The van der Waals surface area contributed by atoms with Gasteiger partial charge >= 0.3 is 5.97 Å². The van der Waals surface area contributed by atoms with Gasteiger partial charge in [-0.1, -0.05) is 283 Å². The molecule has 3 N–H and O–H groups in total. The molecule has 0 aliphatic carbocycles. The lowest BCUT2D eigenvalue weighted by molar-refractivity contribution is -0.143. The molecule has 0 bridgehead atoms. The first-order chi connectivity index (χ1) is 32.5. The summed E-state index contributed by atoms with van der Waals surface area (Å²) in [6.07, 6.45) is 66.4. The fourth-order valence-corrected chi connectivity index (χ4v) is 9.46. The van der Waals surface area contributed by atoms with Crippen LogP contribution in [0.15, 0.2) is 12.2 Å². The zero-order valence-electron chi connectivity index (χ0n) is 44.7. The average Bonchev–Trinajstić information content (AvgIpc) is 3.32. The molecule has 1 amide bonds. The molecule has 0 fully saturated rings. The second-order valence-corrected chi connectivity index (χ2v) is 20.7. The highest BCUT2D eigenvalue weighted by Gasteiger charge is 2.20. The Hall–Kier alpha value is -1.40. The molecule has 66 heavy (non-hydrogen) atoms. The van der Waals surface area contributed by atoms with Crippen LogP contribution in [0.4, 0.5) is 0 Å². The first kappa shape index (κ1) is 64.6. The second kappa shape index (κ2) is 56.2. The van der Waals surface area contributed by atoms with Crippen molar-refractivity contribution >= 4 is 11.9 Å². The highest BCUT2D eigenvalue weighted by Crippen LogP contribution is 2.18. The van der Waals surface area contributed by atoms with E-state index in [4.69, 9.17) is 4.74 Å². The summed E-state index contributed by atoms with van der Waals surface area (Å²) in [4.78, 5) is 24.6. The Balaban J connectivity index is 3.43. The van der Waals surface area contributed by atoms with Crippen LogP contribution in [0.25, 0.3) is 0 Å². The van der Waals surface area contributed by atoms with Crippen LogP contribution in [0.2, 0.25) is 0 Å². The summed E-state index contributed by atoms with van der Waals surface area (Å²) >= 11 is 0. The number of carbonyl (C=O) groups excluding carboxylic acids is 2. The number of amides is 1. The van der Waals surface area contributed by atoms with Gasteiger partial charge in [-0.3, -0.25) is 9.59 Å². The number of aliphatic hydroxyl groups is 2. The highest BCUT2D eigenvalue weighted by atomic mass is 16.5. The molecule has 6 nitrogen and oxygen atoms in total. The fourth-order valence-electron chi connectivity index (χ4n) is 9.46. The summed E-state index contributed by atoms with van der Waals surface area (Å²) in [6, 6.07) is -0.552. The summed E-state index contributed by atoms with van der Waals surface area (Å²) in [6.45, 7) is 4.94. The Labute approximate surface area is 412 Å². The van der Waals surface area contributed by atoms with Crippen LogP contribution in [-0.4, -0.2) is 47.4 Å². The van der Waals surface area contributed by atoms with Gasteiger partial charge in [0.2, 0.25) is 5.91 Å². The molecule has 0 saturated heterocycles. The van der Waals surface area contributed by atoms with Gasteiger partial charge in [-0.2, -0.15) is 0 Å². The minimum Gasteiger partial charge on any atom is -0.466 e. The van der Waals surface area contributed by atoms with E-state index >= 15 is 0 Å². The maximum atomic E-state index is 12.5. The van der Waals surface area contributed by atoms with Gasteiger partial charge in [0.15, 0.2) is 0 Å². The maximum absolute atomic E-state index is 12.5. The molecule has 0 aromatic heterocycles. The zero-order chi connectivity index (χ0) is 47.9. The van der Waals surface area contributed by atoms with E-state index in [0.29, 0.717) is 25.9 Å². The van der Waals surface area contributed by atoms with Gasteiger partial charge in [0.25, 0.3) is 0 Å². The van der Waals surface area contributed by atoms with Crippen molar-refractivity contribution in [1.29, 1.82) is 0 Å². The van der Waals surface area contributed by atoms with E-state index in [2.05, 4.69) is 31.3 Å². The van der Waals surface area contributed by atoms with E-state index in [1.54, 1.807) is 0 Å². The van der Waals surface area contributed by atoms with Gasteiger partial charge in [-0.15, -0.1) is 0 Å². The molecule has 0 spiro atoms. The summed E-state index contributed by atoms with van der Waals surface area (Å²) in [5, 5.41) is 23.3. The number of ether oxygens (including phenoxy) is 1. The topological polar surface area (TPSA) is 95.9 Å². The third kappa shape index (κ3) is 52.0. The molecule has 392 valence electrons. The lowest BCUT2D eigenvalue weighted by Gasteiger charge is -2.22. The van der Waals surface area contributed by atoms with Crippen LogP contribution in [0.1, 0.15) is 335 Å². The summed E-state index contributed by atoms with van der Waals surface area (Å²) in [7, 11) is 0. The van der Waals surface area contributed by atoms with Crippen molar-refractivity contribution < 1.29 is 24.5 Å². The van der Waals surface area contributed by atoms with E-state index in [0.717, 1.165) is 70.6 Å². The second-order valence-electron chi connectivity index (χ2n) is 20.7. The third-order valence-electron chi connectivity index (χ3n) is 14.1. The largest absolute Gasteiger partial charge is 0.466 e. The van der Waals surface area contributed by atoms with Gasteiger partial charge in [0.05, 0.1) is 25.4 Å². The molecule has 0 aliphatic rings. The molecule has 2 atom stereocenters. The predicted octanol–water partition coefficient (Wildman–Crippen LogP) is 18.5. The molecule has 0 radical (unpaired) electrons. The number of nitrogens with one attached hydrogen (secondary N) is 1. The van der Waals surface area contributed by atoms with Crippen LogP contribution in [0, 0.1) is 0 Å². The SMILES string of the molecule is CCCCCCCCCCCCCCCCCCCCCC(=O)OCCCCCC/C=C\CCCCCCCCCC(=O)NC(CO)C(O)CCCCCCCCCCCCCCCCC. The molecule has 0 aliphatic heterocycles. The van der Waals surface area contributed by atoms with Gasteiger partial charge in [-0.05, 0) is 51.4 Å². The molecule has 0 heterocycles. The molecular formula is C60H117NO5. The quantitative estimate of drug-likeness (QED) is 0.0321. The number of esters is 1. The van der Waals surface area contributed by atoms with Gasteiger partial charge in [-0.25, -0.2) is 0 Å². The minimum absolute atomic E-state index is 0.00458. The first-order valence-electron chi connectivity index (χ1n) is 29.9. The number of unbranched alkanes of at least 4 members (excludes halogenated alkanes) is 43. The number of carbonyl (C=O) groups is 2. The minimum atomic E-state index is -0.673. The van der Waals surface area contributed by atoms with Crippen molar-refractivity contribution in [3.63, 3.8) is 0 Å². The fraction of sp³-hybridized carbons (Fsp3) is 0.933. The molecule has 0 aromatic carbocycles. The molecule has 0 rings (SSSR count). The van der Waals surface area contributed by atoms with Crippen molar-refractivity contribution in [3.8, 4) is 0 Å². The van der Waals surface area contributed by atoms with Crippen LogP contribution < -0.4 is 5.32 Å². The highest BCUT2D eigenvalue weighted by molar-refractivity contribution is 5.76. The zero-order valence-corrected chi connectivity index (χ0v) is 44.7. The summed E-state index contributed by atoms with van der Waals surface area (Å²) < 4.78 is 5.48. The van der Waals surface area contributed by atoms with E-state index in [-0.39, 0.29) is 18.5 Å². The van der Waals surface area contributed by atoms with Crippen molar-refractivity contribution in [1.82, 2.24) is 5.32 Å². The monoisotopic (exact) mass is 932 g/mol. The van der Waals surface area contributed by atoms with E-state index in [1.807, 2.05) is 0 Å². The van der Waals surface area contributed by atoms with Crippen molar-refractivity contribution in [2.75, 3.05) is 13.2 Å². The van der Waals surface area contributed by atoms with Crippen LogP contribution in [-0.2, 0) is 14.3 Å². The number of hydrogen-bond acceptors (Lipinski definition) is 5. The maximum Gasteiger partial charge on any atom is 0.305 e.